The lowest BCUT2D eigenvalue weighted by atomic mass is 9.86. The predicted octanol–water partition coefficient (Wildman–Crippen LogP) is 3.61. The summed E-state index contributed by atoms with van der Waals surface area (Å²) >= 11 is 0. The first kappa shape index (κ1) is 15.0. The van der Waals surface area contributed by atoms with E-state index < -0.39 is 0 Å². The summed E-state index contributed by atoms with van der Waals surface area (Å²) < 4.78 is 5.98. The van der Waals surface area contributed by atoms with Crippen LogP contribution in [0.2, 0.25) is 0 Å². The number of ether oxygens (including phenoxy) is 1. The molecule has 18 heavy (non-hydrogen) atoms. The van der Waals surface area contributed by atoms with Crippen LogP contribution in [0.3, 0.4) is 0 Å². The molecule has 2 nitrogen and oxygen atoms in total. The first-order valence-electron chi connectivity index (χ1n) is 6.88. The number of para-hydroxylation sites is 1. The van der Waals surface area contributed by atoms with Gasteiger partial charge in [-0.2, -0.15) is 0 Å². The Morgan fingerprint density at radius 1 is 1.22 bits per heavy atom. The molecule has 0 saturated heterocycles. The van der Waals surface area contributed by atoms with Gasteiger partial charge in [0.1, 0.15) is 5.75 Å². The van der Waals surface area contributed by atoms with Crippen molar-refractivity contribution in [1.29, 1.82) is 0 Å². The monoisotopic (exact) mass is 249 g/mol. The average molecular weight is 249 g/mol. The van der Waals surface area contributed by atoms with Crippen LogP contribution in [0.4, 0.5) is 0 Å². The van der Waals surface area contributed by atoms with Gasteiger partial charge in [-0.15, -0.1) is 0 Å². The van der Waals surface area contributed by atoms with Crippen LogP contribution in [0, 0.1) is 5.92 Å². The second-order valence-electron chi connectivity index (χ2n) is 5.97. The Kier molecular flexibility index (Phi) is 5.67. The van der Waals surface area contributed by atoms with Crippen molar-refractivity contribution < 1.29 is 4.74 Å². The van der Waals surface area contributed by atoms with Crippen LogP contribution in [0.15, 0.2) is 24.3 Å². The zero-order valence-corrected chi connectivity index (χ0v) is 12.4. The van der Waals surface area contributed by atoms with Crippen LogP contribution in [-0.4, -0.2) is 19.7 Å². The molecule has 1 N–H and O–H groups in total. The summed E-state index contributed by atoms with van der Waals surface area (Å²) in [5, 5.41) is 3.35. The average Bonchev–Trinajstić information content (AvgIpc) is 2.33. The quantitative estimate of drug-likeness (QED) is 0.831. The Morgan fingerprint density at radius 2 is 1.89 bits per heavy atom. The van der Waals surface area contributed by atoms with Gasteiger partial charge < -0.3 is 10.1 Å². The summed E-state index contributed by atoms with van der Waals surface area (Å²) in [5.41, 5.74) is 1.40. The fourth-order valence-corrected chi connectivity index (χ4v) is 1.89. The zero-order chi connectivity index (χ0) is 13.6. The van der Waals surface area contributed by atoms with E-state index in [0.717, 1.165) is 25.4 Å². The fraction of sp³-hybridized carbons (Fsp3) is 0.625. The van der Waals surface area contributed by atoms with Crippen molar-refractivity contribution in [2.24, 2.45) is 5.92 Å². The van der Waals surface area contributed by atoms with Gasteiger partial charge in [0, 0.05) is 12.5 Å². The molecule has 0 amide bonds. The third kappa shape index (κ3) is 4.69. The minimum Gasteiger partial charge on any atom is -0.493 e. The lowest BCUT2D eigenvalue weighted by molar-refractivity contribution is 0.251. The summed E-state index contributed by atoms with van der Waals surface area (Å²) in [7, 11) is 0. The summed E-state index contributed by atoms with van der Waals surface area (Å²) in [6.07, 6.45) is 0. The van der Waals surface area contributed by atoms with E-state index in [0.29, 0.717) is 5.92 Å². The van der Waals surface area contributed by atoms with E-state index in [1.54, 1.807) is 0 Å². The largest absolute Gasteiger partial charge is 0.493 e. The Morgan fingerprint density at radius 3 is 2.50 bits per heavy atom. The number of nitrogens with one attached hydrogen (secondary N) is 1. The van der Waals surface area contributed by atoms with Crippen molar-refractivity contribution in [3.05, 3.63) is 29.8 Å². The second-order valence-corrected chi connectivity index (χ2v) is 5.97. The summed E-state index contributed by atoms with van der Waals surface area (Å²) in [4.78, 5) is 0. The molecule has 1 aromatic rings. The molecular formula is C16H27NO. The maximum absolute atomic E-state index is 5.98. The van der Waals surface area contributed by atoms with Gasteiger partial charge in [-0.25, -0.2) is 0 Å². The number of benzene rings is 1. The highest BCUT2D eigenvalue weighted by molar-refractivity contribution is 5.38. The molecule has 0 aliphatic heterocycles. The van der Waals surface area contributed by atoms with Gasteiger partial charge in [-0.3, -0.25) is 0 Å². The number of hydrogen-bond donors (Lipinski definition) is 1. The summed E-state index contributed by atoms with van der Waals surface area (Å²) in [5.74, 6) is 1.55. The lowest BCUT2D eigenvalue weighted by Gasteiger charge is -2.23. The van der Waals surface area contributed by atoms with Crippen LogP contribution in [-0.2, 0) is 5.41 Å². The van der Waals surface area contributed by atoms with Crippen molar-refractivity contribution >= 4 is 0 Å². The highest BCUT2D eigenvalue weighted by Crippen LogP contribution is 2.31. The molecular weight excluding hydrogens is 222 g/mol. The van der Waals surface area contributed by atoms with Gasteiger partial charge in [0.2, 0.25) is 0 Å². The third-order valence-electron chi connectivity index (χ3n) is 2.96. The lowest BCUT2D eigenvalue weighted by Crippen LogP contribution is -2.25. The zero-order valence-electron chi connectivity index (χ0n) is 12.4. The summed E-state index contributed by atoms with van der Waals surface area (Å²) in [6.45, 7) is 13.8. The van der Waals surface area contributed by atoms with Crippen molar-refractivity contribution in [3.63, 3.8) is 0 Å². The van der Waals surface area contributed by atoms with Crippen molar-refractivity contribution in [3.8, 4) is 5.75 Å². The van der Waals surface area contributed by atoms with Gasteiger partial charge in [0.05, 0.1) is 6.61 Å². The Hall–Kier alpha value is -1.02. The third-order valence-corrected chi connectivity index (χ3v) is 2.96. The van der Waals surface area contributed by atoms with E-state index >= 15 is 0 Å². The van der Waals surface area contributed by atoms with E-state index in [-0.39, 0.29) is 5.41 Å². The molecule has 0 aliphatic carbocycles. The molecule has 0 aliphatic rings. The molecule has 1 rings (SSSR count). The highest BCUT2D eigenvalue weighted by Gasteiger charge is 2.18. The van der Waals surface area contributed by atoms with E-state index in [4.69, 9.17) is 4.74 Å². The predicted molar refractivity (Wildman–Crippen MR) is 78.3 cm³/mol. The van der Waals surface area contributed by atoms with Crippen molar-refractivity contribution in [1.82, 2.24) is 5.32 Å². The van der Waals surface area contributed by atoms with Gasteiger partial charge >= 0.3 is 0 Å². The molecule has 0 bridgehead atoms. The Balaban J connectivity index is 2.62. The molecule has 0 heterocycles. The van der Waals surface area contributed by atoms with Crippen LogP contribution < -0.4 is 10.1 Å². The van der Waals surface area contributed by atoms with Crippen LogP contribution >= 0.6 is 0 Å². The molecule has 0 fully saturated rings. The molecule has 0 aromatic heterocycles. The summed E-state index contributed by atoms with van der Waals surface area (Å²) in [6, 6.07) is 8.35. The Bertz CT molecular complexity index is 354. The topological polar surface area (TPSA) is 21.3 Å². The first-order valence-corrected chi connectivity index (χ1v) is 6.88. The Labute approximate surface area is 112 Å². The highest BCUT2D eigenvalue weighted by atomic mass is 16.5. The molecule has 1 atom stereocenters. The van der Waals surface area contributed by atoms with Gasteiger partial charge in [0.25, 0.3) is 0 Å². The van der Waals surface area contributed by atoms with Crippen molar-refractivity contribution in [2.45, 2.75) is 40.0 Å². The minimum absolute atomic E-state index is 0.126. The SMILES string of the molecule is CCNCC(C)COc1ccccc1C(C)(C)C. The molecule has 102 valence electrons. The molecule has 1 aromatic carbocycles. The molecule has 0 radical (unpaired) electrons. The van der Waals surface area contributed by atoms with Gasteiger partial charge in [-0.05, 0) is 23.6 Å². The van der Waals surface area contributed by atoms with E-state index in [9.17, 15) is 0 Å². The van der Waals surface area contributed by atoms with E-state index in [2.05, 4.69) is 58.1 Å². The normalized spacial score (nSPS) is 13.4. The smallest absolute Gasteiger partial charge is 0.123 e. The first-order chi connectivity index (χ1) is 8.45. The van der Waals surface area contributed by atoms with Crippen LogP contribution in [0.5, 0.6) is 5.75 Å². The van der Waals surface area contributed by atoms with Crippen molar-refractivity contribution in [2.75, 3.05) is 19.7 Å². The maximum Gasteiger partial charge on any atom is 0.123 e. The fourth-order valence-electron chi connectivity index (χ4n) is 1.89. The van der Waals surface area contributed by atoms with Gasteiger partial charge in [-0.1, -0.05) is 52.8 Å². The van der Waals surface area contributed by atoms with E-state index in [1.807, 2.05) is 6.07 Å². The second kappa shape index (κ2) is 6.79. The maximum atomic E-state index is 5.98. The standard InChI is InChI=1S/C16H27NO/c1-6-17-11-13(2)12-18-15-10-8-7-9-14(15)16(3,4)5/h7-10,13,17H,6,11-12H2,1-5H3. The van der Waals surface area contributed by atoms with Crippen LogP contribution in [0.25, 0.3) is 0 Å². The minimum atomic E-state index is 0.126. The number of rotatable bonds is 6. The molecule has 1 unspecified atom stereocenters. The van der Waals surface area contributed by atoms with Crippen LogP contribution in [0.1, 0.15) is 40.2 Å². The molecule has 2 heteroatoms. The van der Waals surface area contributed by atoms with Gasteiger partial charge in [0.15, 0.2) is 0 Å². The number of hydrogen-bond acceptors (Lipinski definition) is 2. The molecule has 0 spiro atoms. The molecule has 0 saturated carbocycles. The van der Waals surface area contributed by atoms with E-state index in [1.165, 1.54) is 5.56 Å².